The Morgan fingerprint density at radius 3 is 2.35 bits per heavy atom. The van der Waals surface area contributed by atoms with Gasteiger partial charge in [-0.1, -0.05) is 26.0 Å². The van der Waals surface area contributed by atoms with Gasteiger partial charge in [0, 0.05) is 25.2 Å². The van der Waals surface area contributed by atoms with Crippen LogP contribution in [0, 0.1) is 11.8 Å². The fraction of sp³-hybridized carbons (Fsp3) is 0.375. The summed E-state index contributed by atoms with van der Waals surface area (Å²) in [5, 5.41) is 0.496. The molecule has 1 aliphatic rings. The van der Waals surface area contributed by atoms with Crippen LogP contribution in [0.5, 0.6) is 0 Å². The zero-order chi connectivity index (χ0) is 24.5. The number of nitrogens with one attached hydrogen (secondary N) is 2. The van der Waals surface area contributed by atoms with Crippen LogP contribution in [-0.4, -0.2) is 41.3 Å². The van der Waals surface area contributed by atoms with E-state index in [1.54, 1.807) is 24.3 Å². The minimum Gasteiger partial charge on any atom is -0.277 e. The smallest absolute Gasteiger partial charge is 0.269 e. The molecular weight excluding hydrogens is 454 g/mol. The van der Waals surface area contributed by atoms with Crippen molar-refractivity contribution in [3.05, 3.63) is 64.4 Å². The molecule has 2 unspecified atom stereocenters. The van der Waals surface area contributed by atoms with Crippen molar-refractivity contribution in [2.45, 2.75) is 38.6 Å². The van der Waals surface area contributed by atoms with Crippen LogP contribution in [0.4, 0.5) is 5.95 Å². The molecule has 1 saturated heterocycles. The Labute approximate surface area is 198 Å². The quantitative estimate of drug-likeness (QED) is 0.521. The molecule has 2 N–H and O–H groups in total. The molecule has 0 saturated carbocycles. The second-order valence-corrected chi connectivity index (χ2v) is 10.8. The van der Waals surface area contributed by atoms with Gasteiger partial charge in [-0.25, -0.2) is 13.4 Å². The van der Waals surface area contributed by atoms with Crippen molar-refractivity contribution < 1.29 is 13.2 Å². The number of aromatic nitrogens is 2. The number of sulfonamides is 1. The van der Waals surface area contributed by atoms with Gasteiger partial charge in [-0.3, -0.25) is 25.0 Å². The van der Waals surface area contributed by atoms with Crippen molar-refractivity contribution in [2.24, 2.45) is 11.8 Å². The maximum Gasteiger partial charge on any atom is 0.269 e. The molecular formula is C24H29N5O4S. The minimum absolute atomic E-state index is 0.161. The number of hydrazine groups is 1. The van der Waals surface area contributed by atoms with E-state index in [0.717, 1.165) is 6.42 Å². The Morgan fingerprint density at radius 1 is 1.06 bits per heavy atom. The highest BCUT2D eigenvalue weighted by Crippen LogP contribution is 2.26. The molecule has 0 spiro atoms. The van der Waals surface area contributed by atoms with E-state index in [1.165, 1.54) is 33.1 Å². The van der Waals surface area contributed by atoms with Gasteiger partial charge < -0.3 is 0 Å². The lowest BCUT2D eigenvalue weighted by Crippen LogP contribution is -2.42. The number of hydrogen-bond donors (Lipinski definition) is 2. The Balaban J connectivity index is 1.49. The SMILES string of the molecule is CCn1c(NNC(=O)c2ccc(S(=O)(=O)N3CC(C)CC(C)C3)cc2)nc2ccccc2c1=O. The summed E-state index contributed by atoms with van der Waals surface area (Å²) < 4.78 is 29.1. The molecule has 180 valence electrons. The molecule has 1 amide bonds. The molecule has 9 nitrogen and oxygen atoms in total. The highest BCUT2D eigenvalue weighted by molar-refractivity contribution is 7.89. The first-order chi connectivity index (χ1) is 16.2. The number of rotatable bonds is 6. The summed E-state index contributed by atoms with van der Waals surface area (Å²) in [6.45, 7) is 7.29. The second kappa shape index (κ2) is 9.55. The standard InChI is InChI=1S/C24H29N5O4S/c1-4-29-23(31)20-7-5-6-8-21(20)25-24(29)27-26-22(30)18-9-11-19(12-10-18)34(32,33)28-14-16(2)13-17(3)15-28/h5-12,16-17H,4,13-15H2,1-3H3,(H,25,27)(H,26,30). The Kier molecular flexibility index (Phi) is 6.72. The van der Waals surface area contributed by atoms with Crippen LogP contribution >= 0.6 is 0 Å². The second-order valence-electron chi connectivity index (χ2n) is 8.87. The number of piperidine rings is 1. The number of amides is 1. The fourth-order valence-electron chi connectivity index (χ4n) is 4.47. The van der Waals surface area contributed by atoms with Crippen molar-refractivity contribution in [1.29, 1.82) is 0 Å². The van der Waals surface area contributed by atoms with Gasteiger partial charge in [0.1, 0.15) is 0 Å². The molecule has 0 bridgehead atoms. The van der Waals surface area contributed by atoms with Crippen LogP contribution in [0.3, 0.4) is 0 Å². The van der Waals surface area contributed by atoms with Crippen molar-refractivity contribution in [2.75, 3.05) is 18.5 Å². The molecule has 0 aliphatic carbocycles. The highest BCUT2D eigenvalue weighted by atomic mass is 32.2. The van der Waals surface area contributed by atoms with E-state index in [4.69, 9.17) is 0 Å². The zero-order valence-corrected chi connectivity index (χ0v) is 20.3. The van der Waals surface area contributed by atoms with E-state index in [0.29, 0.717) is 42.4 Å². The lowest BCUT2D eigenvalue weighted by Gasteiger charge is -2.34. The number of carbonyl (C=O) groups excluding carboxylic acids is 1. The summed E-state index contributed by atoms with van der Waals surface area (Å²) in [6, 6.07) is 12.8. The topological polar surface area (TPSA) is 113 Å². The third-order valence-corrected chi connectivity index (χ3v) is 7.90. The van der Waals surface area contributed by atoms with E-state index in [1.807, 2.05) is 6.92 Å². The predicted molar refractivity (Wildman–Crippen MR) is 131 cm³/mol. The number of benzene rings is 2. The molecule has 0 radical (unpaired) electrons. The summed E-state index contributed by atoms with van der Waals surface area (Å²) in [5.41, 5.74) is 5.86. The lowest BCUT2D eigenvalue weighted by molar-refractivity contribution is 0.0962. The zero-order valence-electron chi connectivity index (χ0n) is 19.5. The van der Waals surface area contributed by atoms with Crippen molar-refractivity contribution in [3.8, 4) is 0 Å². The van der Waals surface area contributed by atoms with Gasteiger partial charge in [-0.15, -0.1) is 0 Å². The van der Waals surface area contributed by atoms with Crippen molar-refractivity contribution in [3.63, 3.8) is 0 Å². The van der Waals surface area contributed by atoms with Gasteiger partial charge in [0.05, 0.1) is 15.8 Å². The number of carbonyl (C=O) groups is 1. The number of nitrogens with zero attached hydrogens (tertiary/aromatic N) is 3. The van der Waals surface area contributed by atoms with Crippen molar-refractivity contribution in [1.82, 2.24) is 19.3 Å². The summed E-state index contributed by atoms with van der Waals surface area (Å²) in [7, 11) is -3.62. The summed E-state index contributed by atoms with van der Waals surface area (Å²) in [4.78, 5) is 30.0. The number of anilines is 1. The first-order valence-corrected chi connectivity index (χ1v) is 12.8. The first-order valence-electron chi connectivity index (χ1n) is 11.4. The fourth-order valence-corrected chi connectivity index (χ4v) is 6.15. The number of hydrogen-bond acceptors (Lipinski definition) is 6. The van der Waals surface area contributed by atoms with Crippen LogP contribution in [0.15, 0.2) is 58.2 Å². The van der Waals surface area contributed by atoms with Crippen LogP contribution in [0.2, 0.25) is 0 Å². The van der Waals surface area contributed by atoms with Gasteiger partial charge in [-0.05, 0) is 61.6 Å². The van der Waals surface area contributed by atoms with Crippen LogP contribution < -0.4 is 16.4 Å². The van der Waals surface area contributed by atoms with Gasteiger partial charge >= 0.3 is 0 Å². The number of fused-ring (bicyclic) bond motifs is 1. The average Bonchev–Trinajstić information content (AvgIpc) is 2.82. The Bertz CT molecular complexity index is 1360. The summed E-state index contributed by atoms with van der Waals surface area (Å²) in [6.07, 6.45) is 1.01. The minimum atomic E-state index is -3.62. The molecule has 10 heteroatoms. The Hall–Kier alpha value is -3.24. The van der Waals surface area contributed by atoms with Crippen LogP contribution in [0.1, 0.15) is 37.6 Å². The normalized spacial score (nSPS) is 19.1. The maximum atomic E-state index is 13.1. The van der Waals surface area contributed by atoms with E-state index < -0.39 is 15.9 Å². The first kappa shape index (κ1) is 23.9. The summed E-state index contributed by atoms with van der Waals surface area (Å²) in [5.74, 6) is 0.346. The third-order valence-electron chi connectivity index (χ3n) is 6.06. The third kappa shape index (κ3) is 4.69. The molecule has 3 aromatic rings. The Morgan fingerprint density at radius 2 is 1.71 bits per heavy atom. The van der Waals surface area contributed by atoms with Gasteiger partial charge in [-0.2, -0.15) is 4.31 Å². The molecule has 34 heavy (non-hydrogen) atoms. The van der Waals surface area contributed by atoms with Crippen molar-refractivity contribution >= 4 is 32.8 Å². The number of para-hydroxylation sites is 1. The van der Waals surface area contributed by atoms with E-state index in [-0.39, 0.29) is 22.0 Å². The van der Waals surface area contributed by atoms with Gasteiger partial charge in [0.2, 0.25) is 16.0 Å². The van der Waals surface area contributed by atoms with Crippen LogP contribution in [-0.2, 0) is 16.6 Å². The largest absolute Gasteiger partial charge is 0.277 e. The molecule has 2 atom stereocenters. The maximum absolute atomic E-state index is 13.1. The predicted octanol–water partition coefficient (Wildman–Crippen LogP) is 2.84. The van der Waals surface area contributed by atoms with E-state index in [9.17, 15) is 18.0 Å². The molecule has 4 rings (SSSR count). The van der Waals surface area contributed by atoms with E-state index in [2.05, 4.69) is 29.7 Å². The lowest BCUT2D eigenvalue weighted by atomic mass is 9.94. The van der Waals surface area contributed by atoms with E-state index >= 15 is 0 Å². The molecule has 2 heterocycles. The molecule has 1 fully saturated rings. The van der Waals surface area contributed by atoms with Gasteiger partial charge in [0.15, 0.2) is 0 Å². The molecule has 1 aromatic heterocycles. The molecule has 2 aromatic carbocycles. The molecule has 1 aliphatic heterocycles. The monoisotopic (exact) mass is 483 g/mol. The average molecular weight is 484 g/mol. The summed E-state index contributed by atoms with van der Waals surface area (Å²) >= 11 is 0. The highest BCUT2D eigenvalue weighted by Gasteiger charge is 2.31. The van der Waals surface area contributed by atoms with Gasteiger partial charge in [0.25, 0.3) is 11.5 Å². The van der Waals surface area contributed by atoms with Crippen LogP contribution in [0.25, 0.3) is 10.9 Å².